The van der Waals surface area contributed by atoms with Gasteiger partial charge in [0.1, 0.15) is 6.10 Å². The number of hydrogen-bond donors (Lipinski definition) is 0. The predicted octanol–water partition coefficient (Wildman–Crippen LogP) is 1.28. The highest BCUT2D eigenvalue weighted by atomic mass is 16.5. The molecule has 2 unspecified atom stereocenters. The second kappa shape index (κ2) is 3.89. The molecule has 0 aliphatic carbocycles. The van der Waals surface area contributed by atoms with Gasteiger partial charge in [-0.1, -0.05) is 13.8 Å². The Labute approximate surface area is 85.4 Å². The highest BCUT2D eigenvalue weighted by molar-refractivity contribution is 5.81. The zero-order chi connectivity index (χ0) is 10.1. The van der Waals surface area contributed by atoms with Gasteiger partial charge in [-0.25, -0.2) is 0 Å². The maximum atomic E-state index is 11.8. The van der Waals surface area contributed by atoms with Gasteiger partial charge in [-0.3, -0.25) is 4.79 Å². The van der Waals surface area contributed by atoms with Crippen molar-refractivity contribution in [3.8, 4) is 0 Å². The molecule has 2 fully saturated rings. The first-order valence-electron chi connectivity index (χ1n) is 5.59. The summed E-state index contributed by atoms with van der Waals surface area (Å²) in [5, 5.41) is 0. The molecule has 2 atom stereocenters. The van der Waals surface area contributed by atoms with E-state index in [4.69, 9.17) is 4.74 Å². The topological polar surface area (TPSA) is 29.5 Å². The van der Waals surface area contributed by atoms with Crippen molar-refractivity contribution in [1.29, 1.82) is 0 Å². The van der Waals surface area contributed by atoms with Crippen molar-refractivity contribution in [2.75, 3.05) is 19.7 Å². The van der Waals surface area contributed by atoms with Crippen LogP contribution in [0.4, 0.5) is 0 Å². The number of ether oxygens (including phenoxy) is 1. The Morgan fingerprint density at radius 3 is 2.57 bits per heavy atom. The van der Waals surface area contributed by atoms with E-state index in [-0.39, 0.29) is 12.0 Å². The maximum Gasteiger partial charge on any atom is 0.251 e. The zero-order valence-electron chi connectivity index (χ0n) is 9.03. The third-order valence-electron chi connectivity index (χ3n) is 3.45. The van der Waals surface area contributed by atoms with E-state index in [0.717, 1.165) is 32.5 Å². The largest absolute Gasteiger partial charge is 0.368 e. The Bertz CT molecular complexity index is 223. The Kier molecular flexibility index (Phi) is 2.77. The number of carbonyl (C=O) groups is 1. The van der Waals surface area contributed by atoms with Crippen molar-refractivity contribution >= 4 is 5.91 Å². The number of rotatable bonds is 2. The molecule has 14 heavy (non-hydrogen) atoms. The molecule has 80 valence electrons. The summed E-state index contributed by atoms with van der Waals surface area (Å²) in [5.41, 5.74) is 0. The number of nitrogens with zero attached hydrogens (tertiary/aromatic N) is 1. The molecule has 3 heteroatoms. The summed E-state index contributed by atoms with van der Waals surface area (Å²) in [6, 6.07) is 0. The standard InChI is InChI=1S/C11H19NO2/c1-8(2)9-3-5-12(7-9)11(13)10-4-6-14-10/h8-10H,3-7H2,1-2H3. The van der Waals surface area contributed by atoms with Gasteiger partial charge in [-0.05, 0) is 18.3 Å². The van der Waals surface area contributed by atoms with Crippen LogP contribution in [0.2, 0.25) is 0 Å². The maximum absolute atomic E-state index is 11.8. The summed E-state index contributed by atoms with van der Waals surface area (Å²) in [6.07, 6.45) is 1.97. The lowest BCUT2D eigenvalue weighted by molar-refractivity contribution is -0.155. The van der Waals surface area contributed by atoms with E-state index in [1.807, 2.05) is 4.90 Å². The van der Waals surface area contributed by atoms with Gasteiger partial charge in [0.2, 0.25) is 0 Å². The molecule has 0 aromatic rings. The van der Waals surface area contributed by atoms with Crippen LogP contribution in [0, 0.1) is 11.8 Å². The summed E-state index contributed by atoms with van der Waals surface area (Å²) in [7, 11) is 0. The lowest BCUT2D eigenvalue weighted by atomic mass is 9.95. The first-order valence-corrected chi connectivity index (χ1v) is 5.59. The smallest absolute Gasteiger partial charge is 0.251 e. The van der Waals surface area contributed by atoms with Gasteiger partial charge < -0.3 is 9.64 Å². The molecule has 0 saturated carbocycles. The Hall–Kier alpha value is -0.570. The Morgan fingerprint density at radius 1 is 1.43 bits per heavy atom. The van der Waals surface area contributed by atoms with Gasteiger partial charge >= 0.3 is 0 Å². The zero-order valence-corrected chi connectivity index (χ0v) is 9.03. The third kappa shape index (κ3) is 1.78. The molecule has 0 bridgehead atoms. The van der Waals surface area contributed by atoms with Crippen LogP contribution in [0.1, 0.15) is 26.7 Å². The molecule has 2 saturated heterocycles. The molecule has 1 amide bonds. The predicted molar refractivity (Wildman–Crippen MR) is 53.9 cm³/mol. The third-order valence-corrected chi connectivity index (χ3v) is 3.45. The van der Waals surface area contributed by atoms with Crippen LogP contribution in [-0.4, -0.2) is 36.6 Å². The van der Waals surface area contributed by atoms with E-state index < -0.39 is 0 Å². The van der Waals surface area contributed by atoms with Crippen LogP contribution in [0.25, 0.3) is 0 Å². The summed E-state index contributed by atoms with van der Waals surface area (Å²) in [5.74, 6) is 1.61. The number of amides is 1. The number of carbonyl (C=O) groups excluding carboxylic acids is 1. The van der Waals surface area contributed by atoms with Gasteiger partial charge in [-0.2, -0.15) is 0 Å². The average molecular weight is 197 g/mol. The molecular weight excluding hydrogens is 178 g/mol. The van der Waals surface area contributed by atoms with Crippen molar-refractivity contribution in [1.82, 2.24) is 4.90 Å². The van der Waals surface area contributed by atoms with Gasteiger partial charge in [0.15, 0.2) is 0 Å². The van der Waals surface area contributed by atoms with Crippen LogP contribution >= 0.6 is 0 Å². The Morgan fingerprint density at radius 2 is 2.14 bits per heavy atom. The first kappa shape index (κ1) is 9.97. The van der Waals surface area contributed by atoms with Crippen LogP contribution in [0.15, 0.2) is 0 Å². The monoisotopic (exact) mass is 197 g/mol. The van der Waals surface area contributed by atoms with Gasteiger partial charge in [0.05, 0.1) is 6.61 Å². The lowest BCUT2D eigenvalue weighted by Gasteiger charge is -2.29. The quantitative estimate of drug-likeness (QED) is 0.667. The molecule has 0 aromatic heterocycles. The highest BCUT2D eigenvalue weighted by Crippen LogP contribution is 2.25. The fourth-order valence-corrected chi connectivity index (χ4v) is 2.17. The first-order chi connectivity index (χ1) is 6.68. The summed E-state index contributed by atoms with van der Waals surface area (Å²) < 4.78 is 5.21. The van der Waals surface area contributed by atoms with Crippen LogP contribution in [0.5, 0.6) is 0 Å². The van der Waals surface area contributed by atoms with Gasteiger partial charge in [0, 0.05) is 19.5 Å². The van der Waals surface area contributed by atoms with E-state index in [2.05, 4.69) is 13.8 Å². The second-order valence-electron chi connectivity index (χ2n) is 4.73. The molecule has 2 aliphatic rings. The number of hydrogen-bond acceptors (Lipinski definition) is 2. The second-order valence-corrected chi connectivity index (χ2v) is 4.73. The summed E-state index contributed by atoms with van der Waals surface area (Å²) in [4.78, 5) is 13.8. The van der Waals surface area contributed by atoms with E-state index in [0.29, 0.717) is 11.8 Å². The minimum atomic E-state index is -0.110. The molecule has 0 radical (unpaired) electrons. The summed E-state index contributed by atoms with van der Waals surface area (Å²) in [6.45, 7) is 7.10. The average Bonchev–Trinajstić information content (AvgIpc) is 2.48. The van der Waals surface area contributed by atoms with Crippen molar-refractivity contribution < 1.29 is 9.53 Å². The van der Waals surface area contributed by atoms with E-state index in [1.54, 1.807) is 0 Å². The van der Waals surface area contributed by atoms with Gasteiger partial charge in [-0.15, -0.1) is 0 Å². The minimum Gasteiger partial charge on any atom is -0.368 e. The molecule has 2 aliphatic heterocycles. The molecule has 0 spiro atoms. The van der Waals surface area contributed by atoms with E-state index in [9.17, 15) is 4.79 Å². The fraction of sp³-hybridized carbons (Fsp3) is 0.909. The Balaban J connectivity index is 1.85. The SMILES string of the molecule is CC(C)C1CCN(C(=O)C2CCO2)C1. The lowest BCUT2D eigenvalue weighted by Crippen LogP contribution is -2.44. The van der Waals surface area contributed by atoms with Gasteiger partial charge in [0.25, 0.3) is 5.91 Å². The van der Waals surface area contributed by atoms with Crippen molar-refractivity contribution in [2.24, 2.45) is 11.8 Å². The molecule has 0 aromatic carbocycles. The van der Waals surface area contributed by atoms with Crippen molar-refractivity contribution in [2.45, 2.75) is 32.8 Å². The molecule has 3 nitrogen and oxygen atoms in total. The van der Waals surface area contributed by atoms with E-state index >= 15 is 0 Å². The normalized spacial score (nSPS) is 32.1. The molecular formula is C11H19NO2. The van der Waals surface area contributed by atoms with Crippen LogP contribution in [-0.2, 0) is 9.53 Å². The minimum absolute atomic E-state index is 0.110. The van der Waals surface area contributed by atoms with Crippen LogP contribution in [0.3, 0.4) is 0 Å². The van der Waals surface area contributed by atoms with Crippen molar-refractivity contribution in [3.05, 3.63) is 0 Å². The fourth-order valence-electron chi connectivity index (χ4n) is 2.17. The highest BCUT2D eigenvalue weighted by Gasteiger charge is 2.35. The molecule has 2 heterocycles. The molecule has 2 rings (SSSR count). The van der Waals surface area contributed by atoms with Crippen molar-refractivity contribution in [3.63, 3.8) is 0 Å². The van der Waals surface area contributed by atoms with E-state index in [1.165, 1.54) is 0 Å². The number of likely N-dealkylation sites (tertiary alicyclic amines) is 1. The van der Waals surface area contributed by atoms with Crippen LogP contribution < -0.4 is 0 Å². The summed E-state index contributed by atoms with van der Waals surface area (Å²) >= 11 is 0. The molecule has 0 N–H and O–H groups in total.